The summed E-state index contributed by atoms with van der Waals surface area (Å²) in [7, 11) is 0. The van der Waals surface area contributed by atoms with Gasteiger partial charge >= 0.3 is 12.1 Å². The van der Waals surface area contributed by atoms with Gasteiger partial charge in [-0.15, -0.1) is 0 Å². The minimum Gasteiger partial charge on any atom is -0.479 e. The van der Waals surface area contributed by atoms with Crippen molar-refractivity contribution in [2.24, 2.45) is 0 Å². The smallest absolute Gasteiger partial charge is 0.411 e. The number of halogens is 1. The second kappa shape index (κ2) is 7.95. The zero-order valence-electron chi connectivity index (χ0n) is 14.8. The molecule has 0 radical (unpaired) electrons. The maximum absolute atomic E-state index is 13.6. The summed E-state index contributed by atoms with van der Waals surface area (Å²) >= 11 is 0. The molecule has 0 bridgehead atoms. The molecular formula is C19H21FN2O4. The Labute approximate surface area is 151 Å². The highest BCUT2D eigenvalue weighted by molar-refractivity contribution is 5.85. The molecule has 0 saturated carbocycles. The Hall–Kier alpha value is -2.96. The predicted octanol–water partition coefficient (Wildman–Crippen LogP) is 3.57. The molecule has 1 amide bonds. The third-order valence-electron chi connectivity index (χ3n) is 4.08. The second-order valence-corrected chi connectivity index (χ2v) is 6.27. The van der Waals surface area contributed by atoms with E-state index in [1.54, 1.807) is 26.0 Å². The molecule has 1 aromatic heterocycles. The summed E-state index contributed by atoms with van der Waals surface area (Å²) < 4.78 is 18.9. The van der Waals surface area contributed by atoms with Crippen LogP contribution in [-0.2, 0) is 21.7 Å². The Kier molecular flexibility index (Phi) is 5.92. The van der Waals surface area contributed by atoms with Gasteiger partial charge in [0.1, 0.15) is 12.4 Å². The Morgan fingerprint density at radius 1 is 1.27 bits per heavy atom. The van der Waals surface area contributed by atoms with Crippen LogP contribution < -0.4 is 0 Å². The maximum Gasteiger partial charge on any atom is 0.411 e. The van der Waals surface area contributed by atoms with Crippen LogP contribution in [0.15, 0.2) is 48.8 Å². The van der Waals surface area contributed by atoms with E-state index in [0.717, 1.165) is 22.7 Å². The van der Waals surface area contributed by atoms with Gasteiger partial charge in [-0.05, 0) is 32.4 Å². The summed E-state index contributed by atoms with van der Waals surface area (Å²) in [5.41, 5.74) is -1.01. The van der Waals surface area contributed by atoms with Crippen molar-refractivity contribution in [1.29, 1.82) is 0 Å². The van der Waals surface area contributed by atoms with Gasteiger partial charge in [0.05, 0.1) is 6.20 Å². The van der Waals surface area contributed by atoms with E-state index in [-0.39, 0.29) is 12.2 Å². The predicted molar refractivity (Wildman–Crippen MR) is 92.8 cm³/mol. The lowest BCUT2D eigenvalue weighted by Gasteiger charge is -2.39. The van der Waals surface area contributed by atoms with Crippen LogP contribution in [0, 0.1) is 5.82 Å². The number of pyridine rings is 1. The number of carbonyl (C=O) groups is 2. The van der Waals surface area contributed by atoms with Crippen LogP contribution in [-0.4, -0.2) is 33.1 Å². The van der Waals surface area contributed by atoms with Gasteiger partial charge in [-0.3, -0.25) is 9.88 Å². The summed E-state index contributed by atoms with van der Waals surface area (Å²) in [4.78, 5) is 29.5. The molecule has 1 heterocycles. The summed E-state index contributed by atoms with van der Waals surface area (Å²) in [5.74, 6) is -1.99. The standard InChI is InChI=1S/C19H21FN2O4/c1-13(2)22(18(25)26-12-14-7-5-4-6-8-14)19(3,17(23)24)15-9-16(20)11-21-10-15/h4-11,13H,12H2,1-3H3,(H,23,24). The molecule has 2 aromatic rings. The van der Waals surface area contributed by atoms with Gasteiger partial charge in [-0.25, -0.2) is 14.0 Å². The average Bonchev–Trinajstić information content (AvgIpc) is 2.60. The number of benzene rings is 1. The quantitative estimate of drug-likeness (QED) is 0.852. The first-order valence-corrected chi connectivity index (χ1v) is 8.11. The Morgan fingerprint density at radius 2 is 1.92 bits per heavy atom. The molecule has 0 aliphatic heterocycles. The highest BCUT2D eigenvalue weighted by Crippen LogP contribution is 2.31. The number of ether oxygens (including phenoxy) is 1. The topological polar surface area (TPSA) is 79.7 Å². The van der Waals surface area contributed by atoms with Gasteiger partial charge in [0, 0.05) is 17.8 Å². The monoisotopic (exact) mass is 360 g/mol. The molecule has 0 aliphatic rings. The van der Waals surface area contributed by atoms with Crippen molar-refractivity contribution in [2.45, 2.75) is 39.0 Å². The van der Waals surface area contributed by atoms with Crippen molar-refractivity contribution >= 4 is 12.1 Å². The molecule has 26 heavy (non-hydrogen) atoms. The van der Waals surface area contributed by atoms with Crippen molar-refractivity contribution in [2.75, 3.05) is 0 Å². The maximum atomic E-state index is 13.6. The van der Waals surface area contributed by atoms with E-state index in [0.29, 0.717) is 0 Å². The summed E-state index contributed by atoms with van der Waals surface area (Å²) in [6, 6.07) is 9.58. The first-order valence-electron chi connectivity index (χ1n) is 8.11. The fourth-order valence-electron chi connectivity index (χ4n) is 2.74. The van der Waals surface area contributed by atoms with Gasteiger partial charge < -0.3 is 9.84 Å². The van der Waals surface area contributed by atoms with Crippen molar-refractivity contribution in [3.63, 3.8) is 0 Å². The van der Waals surface area contributed by atoms with E-state index < -0.39 is 29.5 Å². The van der Waals surface area contributed by atoms with Gasteiger partial charge in [0.15, 0.2) is 5.54 Å². The number of amides is 1. The van der Waals surface area contributed by atoms with Crippen LogP contribution in [0.3, 0.4) is 0 Å². The zero-order valence-corrected chi connectivity index (χ0v) is 14.8. The molecule has 138 valence electrons. The zero-order chi connectivity index (χ0) is 19.3. The minimum absolute atomic E-state index is 0.00000677. The fraction of sp³-hybridized carbons (Fsp3) is 0.316. The lowest BCUT2D eigenvalue weighted by molar-refractivity contribution is -0.151. The van der Waals surface area contributed by atoms with Crippen LogP contribution in [0.4, 0.5) is 9.18 Å². The van der Waals surface area contributed by atoms with E-state index in [2.05, 4.69) is 4.98 Å². The van der Waals surface area contributed by atoms with Crippen molar-refractivity contribution in [3.8, 4) is 0 Å². The lowest BCUT2D eigenvalue weighted by Crippen LogP contribution is -2.55. The summed E-state index contributed by atoms with van der Waals surface area (Å²) in [5, 5.41) is 9.83. The largest absolute Gasteiger partial charge is 0.479 e. The van der Waals surface area contributed by atoms with Crippen LogP contribution in [0.5, 0.6) is 0 Å². The molecule has 1 N–H and O–H groups in total. The third kappa shape index (κ3) is 3.99. The minimum atomic E-state index is -1.84. The fourth-order valence-corrected chi connectivity index (χ4v) is 2.74. The lowest BCUT2D eigenvalue weighted by atomic mass is 9.90. The first kappa shape index (κ1) is 19.4. The second-order valence-electron chi connectivity index (χ2n) is 6.27. The van der Waals surface area contributed by atoms with Gasteiger partial charge in [0.2, 0.25) is 0 Å². The average molecular weight is 360 g/mol. The molecule has 0 saturated heterocycles. The normalized spacial score (nSPS) is 13.1. The number of hydrogen-bond acceptors (Lipinski definition) is 4. The molecule has 1 aromatic carbocycles. The molecule has 1 unspecified atom stereocenters. The van der Waals surface area contributed by atoms with Crippen molar-refractivity contribution in [3.05, 3.63) is 65.7 Å². The Morgan fingerprint density at radius 3 is 2.46 bits per heavy atom. The van der Waals surface area contributed by atoms with Gasteiger partial charge in [-0.1, -0.05) is 30.3 Å². The Balaban J connectivity index is 2.35. The highest BCUT2D eigenvalue weighted by Gasteiger charge is 2.46. The summed E-state index contributed by atoms with van der Waals surface area (Å²) in [6.45, 7) is 4.66. The number of aliphatic carboxylic acids is 1. The molecular weight excluding hydrogens is 339 g/mol. The first-order chi connectivity index (χ1) is 12.3. The number of carboxylic acids is 1. The van der Waals surface area contributed by atoms with Gasteiger partial charge in [-0.2, -0.15) is 0 Å². The van der Waals surface area contributed by atoms with Gasteiger partial charge in [0.25, 0.3) is 0 Å². The third-order valence-corrected chi connectivity index (χ3v) is 4.08. The number of rotatable bonds is 6. The summed E-state index contributed by atoms with van der Waals surface area (Å²) in [6.07, 6.45) is 1.40. The van der Waals surface area contributed by atoms with Crippen LogP contribution in [0.1, 0.15) is 31.9 Å². The van der Waals surface area contributed by atoms with E-state index in [1.807, 2.05) is 18.2 Å². The molecule has 1 atom stereocenters. The molecule has 0 spiro atoms. The molecule has 0 aliphatic carbocycles. The number of aromatic nitrogens is 1. The molecule has 6 nitrogen and oxygen atoms in total. The molecule has 7 heteroatoms. The van der Waals surface area contributed by atoms with E-state index >= 15 is 0 Å². The highest BCUT2D eigenvalue weighted by atomic mass is 19.1. The molecule has 0 fully saturated rings. The Bertz CT molecular complexity index is 782. The van der Waals surface area contributed by atoms with E-state index in [4.69, 9.17) is 4.74 Å². The number of carbonyl (C=O) groups excluding carboxylic acids is 1. The van der Waals surface area contributed by atoms with Crippen LogP contribution in [0.25, 0.3) is 0 Å². The van der Waals surface area contributed by atoms with Crippen molar-refractivity contribution in [1.82, 2.24) is 9.88 Å². The van der Waals surface area contributed by atoms with E-state index in [9.17, 15) is 19.1 Å². The number of carboxylic acid groups (broad SMARTS) is 1. The SMILES string of the molecule is CC(C)N(C(=O)OCc1ccccc1)C(C)(C(=O)O)c1cncc(F)c1. The number of hydrogen-bond donors (Lipinski definition) is 1. The van der Waals surface area contributed by atoms with Crippen LogP contribution in [0.2, 0.25) is 0 Å². The van der Waals surface area contributed by atoms with Crippen LogP contribution >= 0.6 is 0 Å². The molecule has 2 rings (SSSR count). The van der Waals surface area contributed by atoms with Crippen molar-refractivity contribution < 1.29 is 23.8 Å². The van der Waals surface area contributed by atoms with E-state index in [1.165, 1.54) is 13.1 Å². The number of nitrogens with zero attached hydrogens (tertiary/aromatic N) is 2.